The van der Waals surface area contributed by atoms with E-state index in [0.717, 1.165) is 11.6 Å². The van der Waals surface area contributed by atoms with Crippen LogP contribution < -0.4 is 20.3 Å². The normalized spacial score (nSPS) is 11.3. The summed E-state index contributed by atoms with van der Waals surface area (Å²) >= 11 is 0. The number of ether oxygens (including phenoxy) is 2. The number of carbonyl (C=O) groups excluding carboxylic acids is 1. The molecule has 0 atom stereocenters. The number of H-pyrrole nitrogens is 1. The molecule has 0 bridgehead atoms. The number of benzene rings is 3. The van der Waals surface area contributed by atoms with Crippen molar-refractivity contribution in [3.8, 4) is 33.9 Å². The van der Waals surface area contributed by atoms with Gasteiger partial charge in [0.15, 0.2) is 0 Å². The third-order valence-electron chi connectivity index (χ3n) is 6.15. The van der Waals surface area contributed by atoms with Crippen LogP contribution in [0.3, 0.4) is 0 Å². The molecular weight excluding hydrogens is 540 g/mol. The lowest BCUT2D eigenvalue weighted by Crippen LogP contribution is -2.25. The van der Waals surface area contributed by atoms with Crippen LogP contribution in [0.5, 0.6) is 11.5 Å². The maximum atomic E-state index is 15.1. The molecular formula is C31H28F4N2O4. The van der Waals surface area contributed by atoms with Crippen LogP contribution in [0.2, 0.25) is 0 Å². The van der Waals surface area contributed by atoms with Crippen molar-refractivity contribution >= 4 is 11.6 Å². The maximum absolute atomic E-state index is 15.1. The van der Waals surface area contributed by atoms with E-state index in [1.165, 1.54) is 18.2 Å². The predicted octanol–water partition coefficient (Wildman–Crippen LogP) is 7.53. The first-order valence-corrected chi connectivity index (χ1v) is 12.9. The molecule has 3 aromatic carbocycles. The number of halogens is 4. The van der Waals surface area contributed by atoms with Gasteiger partial charge in [-0.3, -0.25) is 9.59 Å². The molecule has 0 fully saturated rings. The van der Waals surface area contributed by atoms with Crippen LogP contribution in [0.1, 0.15) is 35.7 Å². The van der Waals surface area contributed by atoms with E-state index in [2.05, 4.69) is 10.3 Å². The molecule has 0 saturated heterocycles. The van der Waals surface area contributed by atoms with Gasteiger partial charge in [0.25, 0.3) is 11.5 Å². The van der Waals surface area contributed by atoms with Gasteiger partial charge in [0.1, 0.15) is 22.9 Å². The predicted molar refractivity (Wildman–Crippen MR) is 149 cm³/mol. The Morgan fingerprint density at radius 1 is 0.902 bits per heavy atom. The van der Waals surface area contributed by atoms with E-state index in [-0.39, 0.29) is 35.6 Å². The monoisotopic (exact) mass is 568 g/mol. The molecule has 0 unspecified atom stereocenters. The molecule has 41 heavy (non-hydrogen) atoms. The number of pyridine rings is 1. The number of rotatable bonds is 10. The van der Waals surface area contributed by atoms with Crippen molar-refractivity contribution in [2.45, 2.75) is 32.9 Å². The van der Waals surface area contributed by atoms with Crippen molar-refractivity contribution in [3.05, 3.63) is 100 Å². The maximum Gasteiger partial charge on any atom is 0.389 e. The molecule has 0 aliphatic rings. The standard InChI is InChI=1S/C31H28F4N2O4/c1-3-40-22-11-9-21(10-12-22)36-29(38)28-25(20-7-5-19(2)6-8-20)18-27(37-30(28)39)24-14-13-23(17-26(24)32)41-16-4-15-31(33,34)35/h5-14,17-18H,3-4,15-16H2,1-2H3,(H,36,38)(H,37,39). The van der Waals surface area contributed by atoms with Crippen molar-refractivity contribution in [3.63, 3.8) is 0 Å². The van der Waals surface area contributed by atoms with E-state index < -0.39 is 29.9 Å². The van der Waals surface area contributed by atoms with E-state index in [9.17, 15) is 22.8 Å². The number of carbonyl (C=O) groups is 1. The number of alkyl halides is 3. The second-order valence-electron chi connectivity index (χ2n) is 9.29. The summed E-state index contributed by atoms with van der Waals surface area (Å²) in [6, 6.07) is 19.2. The lowest BCUT2D eigenvalue weighted by Gasteiger charge is -2.14. The van der Waals surface area contributed by atoms with Crippen LogP contribution >= 0.6 is 0 Å². The Kier molecular flexibility index (Phi) is 9.11. The summed E-state index contributed by atoms with van der Waals surface area (Å²) in [5, 5.41) is 2.73. The number of hydrogen-bond acceptors (Lipinski definition) is 4. The molecule has 4 aromatic rings. The van der Waals surface area contributed by atoms with Gasteiger partial charge in [-0.1, -0.05) is 29.8 Å². The summed E-state index contributed by atoms with van der Waals surface area (Å²) in [4.78, 5) is 29.2. The Morgan fingerprint density at radius 3 is 2.22 bits per heavy atom. The van der Waals surface area contributed by atoms with Gasteiger partial charge in [0, 0.05) is 29.3 Å². The van der Waals surface area contributed by atoms with Crippen molar-refractivity contribution in [2.75, 3.05) is 18.5 Å². The summed E-state index contributed by atoms with van der Waals surface area (Å²) in [6.07, 6.45) is -5.56. The van der Waals surface area contributed by atoms with Gasteiger partial charge in [-0.2, -0.15) is 13.2 Å². The Hall–Kier alpha value is -4.60. The van der Waals surface area contributed by atoms with Crippen LogP contribution in [0.4, 0.5) is 23.2 Å². The zero-order chi connectivity index (χ0) is 29.6. The van der Waals surface area contributed by atoms with Crippen LogP contribution in [-0.4, -0.2) is 30.3 Å². The molecule has 0 spiro atoms. The van der Waals surface area contributed by atoms with E-state index >= 15 is 4.39 Å². The van der Waals surface area contributed by atoms with Crippen LogP contribution in [0, 0.1) is 12.7 Å². The largest absolute Gasteiger partial charge is 0.494 e. The number of anilines is 1. The number of aromatic nitrogens is 1. The molecule has 0 aliphatic heterocycles. The van der Waals surface area contributed by atoms with Gasteiger partial charge in [-0.05, 0) is 68.3 Å². The first-order valence-electron chi connectivity index (χ1n) is 12.9. The molecule has 1 aromatic heterocycles. The molecule has 1 amide bonds. The first-order chi connectivity index (χ1) is 19.5. The fourth-order valence-corrected chi connectivity index (χ4v) is 4.15. The van der Waals surface area contributed by atoms with Crippen molar-refractivity contribution in [2.24, 2.45) is 0 Å². The third-order valence-corrected chi connectivity index (χ3v) is 6.15. The lowest BCUT2D eigenvalue weighted by molar-refractivity contribution is -0.136. The first kappa shape index (κ1) is 29.4. The minimum Gasteiger partial charge on any atom is -0.494 e. The minimum atomic E-state index is -4.29. The lowest BCUT2D eigenvalue weighted by atomic mass is 9.97. The average molecular weight is 569 g/mol. The Labute approximate surface area is 234 Å². The van der Waals surface area contributed by atoms with E-state index in [1.54, 1.807) is 36.4 Å². The van der Waals surface area contributed by atoms with E-state index in [0.29, 0.717) is 29.2 Å². The molecule has 6 nitrogen and oxygen atoms in total. The minimum absolute atomic E-state index is 0.0246. The Balaban J connectivity index is 1.66. The second kappa shape index (κ2) is 12.7. The quantitative estimate of drug-likeness (QED) is 0.153. The molecule has 0 saturated carbocycles. The topological polar surface area (TPSA) is 80.4 Å². The number of nitrogens with one attached hydrogen (secondary N) is 2. The van der Waals surface area contributed by atoms with Gasteiger partial charge in [-0.25, -0.2) is 4.39 Å². The number of amides is 1. The highest BCUT2D eigenvalue weighted by Crippen LogP contribution is 2.30. The average Bonchev–Trinajstić information content (AvgIpc) is 2.92. The molecule has 0 radical (unpaired) electrons. The molecule has 0 aliphatic carbocycles. The van der Waals surface area contributed by atoms with Gasteiger partial charge < -0.3 is 19.8 Å². The molecule has 2 N–H and O–H groups in total. The van der Waals surface area contributed by atoms with Gasteiger partial charge in [-0.15, -0.1) is 0 Å². The van der Waals surface area contributed by atoms with E-state index in [1.807, 2.05) is 26.0 Å². The summed E-state index contributed by atoms with van der Waals surface area (Å²) < 4.78 is 62.8. The zero-order valence-corrected chi connectivity index (χ0v) is 22.4. The fourth-order valence-electron chi connectivity index (χ4n) is 4.15. The second-order valence-corrected chi connectivity index (χ2v) is 9.29. The van der Waals surface area contributed by atoms with Crippen molar-refractivity contribution < 1.29 is 31.8 Å². The molecule has 4 rings (SSSR count). The number of aryl methyl sites for hydroxylation is 1. The SMILES string of the molecule is CCOc1ccc(NC(=O)c2c(-c3ccc(C)cc3)cc(-c3ccc(OCCCC(F)(F)F)cc3F)[nH]c2=O)cc1. The Bertz CT molecular complexity index is 1560. The fraction of sp³-hybridized carbons (Fsp3) is 0.226. The molecule has 214 valence electrons. The summed E-state index contributed by atoms with van der Waals surface area (Å²) in [7, 11) is 0. The van der Waals surface area contributed by atoms with Crippen molar-refractivity contribution in [1.82, 2.24) is 4.98 Å². The van der Waals surface area contributed by atoms with Gasteiger partial charge in [0.05, 0.1) is 18.9 Å². The highest BCUT2D eigenvalue weighted by atomic mass is 19.4. The van der Waals surface area contributed by atoms with Gasteiger partial charge in [0.2, 0.25) is 0 Å². The highest BCUT2D eigenvalue weighted by molar-refractivity contribution is 6.08. The summed E-state index contributed by atoms with van der Waals surface area (Å²) in [6.45, 7) is 4.01. The summed E-state index contributed by atoms with van der Waals surface area (Å²) in [5.74, 6) is -0.718. The number of hydrogen-bond donors (Lipinski definition) is 2. The molecule has 1 heterocycles. The van der Waals surface area contributed by atoms with Gasteiger partial charge >= 0.3 is 6.18 Å². The van der Waals surface area contributed by atoms with Crippen LogP contribution in [0.15, 0.2) is 77.6 Å². The Morgan fingerprint density at radius 2 is 1.59 bits per heavy atom. The smallest absolute Gasteiger partial charge is 0.389 e. The molecule has 10 heteroatoms. The highest BCUT2D eigenvalue weighted by Gasteiger charge is 2.26. The van der Waals surface area contributed by atoms with Crippen LogP contribution in [0.25, 0.3) is 22.4 Å². The van der Waals surface area contributed by atoms with Crippen molar-refractivity contribution in [1.29, 1.82) is 0 Å². The zero-order valence-electron chi connectivity index (χ0n) is 22.4. The van der Waals surface area contributed by atoms with E-state index in [4.69, 9.17) is 9.47 Å². The van der Waals surface area contributed by atoms with Crippen LogP contribution in [-0.2, 0) is 0 Å². The summed E-state index contributed by atoms with van der Waals surface area (Å²) in [5.41, 5.74) is 1.54. The number of aromatic amines is 1. The third kappa shape index (κ3) is 7.75.